The van der Waals surface area contributed by atoms with Crippen LogP contribution in [0.25, 0.3) is 0 Å². The molecule has 0 nitrogen and oxygen atoms in total. The first-order valence-corrected chi connectivity index (χ1v) is 4.79. The van der Waals surface area contributed by atoms with Crippen LogP contribution < -0.4 is 22.6 Å². The maximum absolute atomic E-state index is 2.37. The SMILES string of the molecule is CC1CCC([IH+])CC1. The molecule has 1 rings (SSSR count). The average Bonchev–Trinajstić information content (AvgIpc) is 1.77. The number of hydrogen-bond donors (Lipinski definition) is 0. The van der Waals surface area contributed by atoms with Crippen molar-refractivity contribution in [3.63, 3.8) is 0 Å². The van der Waals surface area contributed by atoms with Crippen molar-refractivity contribution < 1.29 is 22.6 Å². The highest BCUT2D eigenvalue weighted by molar-refractivity contribution is 4.66. The van der Waals surface area contributed by atoms with E-state index in [1.807, 2.05) is 0 Å². The van der Waals surface area contributed by atoms with Crippen molar-refractivity contribution >= 4 is 0 Å². The molecule has 0 atom stereocenters. The van der Waals surface area contributed by atoms with E-state index in [0.29, 0.717) is 0 Å². The summed E-state index contributed by atoms with van der Waals surface area (Å²) < 4.78 is 1.03. The molecule has 0 unspecified atom stereocenters. The van der Waals surface area contributed by atoms with Gasteiger partial charge in [0.1, 0.15) is 0 Å². The molecule has 0 aromatic heterocycles. The Bertz CT molecular complexity index is 52.8. The predicted molar refractivity (Wildman–Crippen MR) is 32.8 cm³/mol. The monoisotopic (exact) mass is 225 g/mol. The molecule has 8 heavy (non-hydrogen) atoms. The molecule has 0 radical (unpaired) electrons. The number of alkyl halides is 1. The lowest BCUT2D eigenvalue weighted by molar-refractivity contribution is -0.426. The number of rotatable bonds is 0. The van der Waals surface area contributed by atoms with E-state index >= 15 is 0 Å². The number of hydrogen-bond acceptors (Lipinski definition) is 0. The third kappa shape index (κ3) is 1.92. The second-order valence-corrected chi connectivity index (χ2v) is 4.78. The van der Waals surface area contributed by atoms with Gasteiger partial charge in [0, 0.05) is 0 Å². The van der Waals surface area contributed by atoms with Gasteiger partial charge < -0.3 is 0 Å². The van der Waals surface area contributed by atoms with Gasteiger partial charge in [0.2, 0.25) is 0 Å². The van der Waals surface area contributed by atoms with Gasteiger partial charge >= 0.3 is 0 Å². The first-order chi connectivity index (χ1) is 3.79. The first kappa shape index (κ1) is 6.84. The summed E-state index contributed by atoms with van der Waals surface area (Å²) in [5.41, 5.74) is 0. The Hall–Kier alpha value is 0.730. The molecule has 48 valence electrons. The fraction of sp³-hybridized carbons (Fsp3) is 1.00. The molecular formula is C7H14I+. The Kier molecular flexibility index (Phi) is 2.60. The first-order valence-electron chi connectivity index (χ1n) is 3.45. The molecule has 0 spiro atoms. The summed E-state index contributed by atoms with van der Waals surface area (Å²) in [7, 11) is 0. The number of halogens is 1. The normalized spacial score (nSPS) is 39.8. The van der Waals surface area contributed by atoms with Crippen LogP contribution in [0.15, 0.2) is 0 Å². The highest BCUT2D eigenvalue weighted by Crippen LogP contribution is 2.20. The third-order valence-electron chi connectivity index (χ3n) is 1.96. The zero-order chi connectivity index (χ0) is 5.98. The van der Waals surface area contributed by atoms with Gasteiger partial charge in [0.25, 0.3) is 22.6 Å². The summed E-state index contributed by atoms with van der Waals surface area (Å²) in [5, 5.41) is 0. The van der Waals surface area contributed by atoms with E-state index in [9.17, 15) is 0 Å². The molecule has 1 fully saturated rings. The Balaban J connectivity index is 2.19. The van der Waals surface area contributed by atoms with Crippen LogP contribution in [-0.2, 0) is 0 Å². The molecule has 0 aromatic carbocycles. The van der Waals surface area contributed by atoms with Gasteiger partial charge in [0.15, 0.2) is 3.92 Å². The molecule has 1 aliphatic carbocycles. The lowest BCUT2D eigenvalue weighted by Gasteiger charge is -2.16. The van der Waals surface area contributed by atoms with Crippen LogP contribution in [0.5, 0.6) is 0 Å². The van der Waals surface area contributed by atoms with Crippen LogP contribution in [0.2, 0.25) is 0 Å². The molecule has 0 bridgehead atoms. The van der Waals surface area contributed by atoms with Gasteiger partial charge in [-0.2, -0.15) is 0 Å². The van der Waals surface area contributed by atoms with Crippen LogP contribution in [-0.4, -0.2) is 3.92 Å². The summed E-state index contributed by atoms with van der Waals surface area (Å²) in [5.74, 6) is 1.02. The minimum absolute atomic E-state index is 1.02. The van der Waals surface area contributed by atoms with E-state index in [1.54, 1.807) is 0 Å². The zero-order valence-electron chi connectivity index (χ0n) is 5.39. The van der Waals surface area contributed by atoms with E-state index in [0.717, 1.165) is 9.84 Å². The quantitative estimate of drug-likeness (QED) is 0.361. The molecule has 0 amide bonds. The standard InChI is InChI=1S/C7H14I/c1-6-2-4-7(8)5-3-6/h6-8H,2-5H2,1H3/q+1. The van der Waals surface area contributed by atoms with Gasteiger partial charge in [-0.3, -0.25) is 0 Å². The second-order valence-electron chi connectivity index (χ2n) is 2.88. The lowest BCUT2D eigenvalue weighted by Crippen LogP contribution is -3.39. The Morgan fingerprint density at radius 1 is 1.12 bits per heavy atom. The topological polar surface area (TPSA) is 0 Å². The molecule has 1 aliphatic rings. The van der Waals surface area contributed by atoms with E-state index in [1.165, 1.54) is 25.7 Å². The molecule has 1 heteroatoms. The summed E-state index contributed by atoms with van der Waals surface area (Å²) >= 11 is 2.30. The van der Waals surface area contributed by atoms with E-state index in [4.69, 9.17) is 0 Å². The second kappa shape index (κ2) is 3.04. The van der Waals surface area contributed by atoms with Crippen LogP contribution in [0.4, 0.5) is 0 Å². The molecule has 0 aliphatic heterocycles. The minimum atomic E-state index is 1.02. The fourth-order valence-corrected chi connectivity index (χ4v) is 2.01. The van der Waals surface area contributed by atoms with Crippen LogP contribution in [0.1, 0.15) is 32.6 Å². The van der Waals surface area contributed by atoms with E-state index in [2.05, 4.69) is 29.5 Å². The molecule has 0 saturated heterocycles. The zero-order valence-corrected chi connectivity index (χ0v) is 7.72. The van der Waals surface area contributed by atoms with Crippen molar-refractivity contribution in [1.82, 2.24) is 0 Å². The van der Waals surface area contributed by atoms with Crippen LogP contribution in [0.3, 0.4) is 0 Å². The Labute approximate surface area is 65.2 Å². The molecule has 1 saturated carbocycles. The fourth-order valence-electron chi connectivity index (χ4n) is 1.23. The van der Waals surface area contributed by atoms with Gasteiger partial charge in [-0.05, 0) is 31.6 Å². The van der Waals surface area contributed by atoms with Crippen molar-refractivity contribution in [1.29, 1.82) is 0 Å². The molecule has 0 heterocycles. The summed E-state index contributed by atoms with van der Waals surface area (Å²) in [4.78, 5) is 0. The highest BCUT2D eigenvalue weighted by atomic mass is 127. The lowest BCUT2D eigenvalue weighted by atomic mass is 9.91. The van der Waals surface area contributed by atoms with Gasteiger partial charge in [0.05, 0.1) is 0 Å². The van der Waals surface area contributed by atoms with Gasteiger partial charge in [-0.1, -0.05) is 6.92 Å². The van der Waals surface area contributed by atoms with Crippen molar-refractivity contribution in [3.8, 4) is 0 Å². The van der Waals surface area contributed by atoms with Crippen LogP contribution >= 0.6 is 0 Å². The van der Waals surface area contributed by atoms with Crippen molar-refractivity contribution in [2.24, 2.45) is 5.92 Å². The maximum atomic E-state index is 2.37. The smallest absolute Gasteiger partial charge is 0.0625 e. The summed E-state index contributed by atoms with van der Waals surface area (Å²) in [6.45, 7) is 2.37. The van der Waals surface area contributed by atoms with Crippen molar-refractivity contribution in [3.05, 3.63) is 0 Å². The molecular weight excluding hydrogens is 211 g/mol. The Morgan fingerprint density at radius 2 is 1.62 bits per heavy atom. The van der Waals surface area contributed by atoms with E-state index < -0.39 is 0 Å². The molecule has 0 N–H and O–H groups in total. The predicted octanol–water partition coefficient (Wildman–Crippen LogP) is -1.15. The van der Waals surface area contributed by atoms with Gasteiger partial charge in [-0.15, -0.1) is 0 Å². The maximum Gasteiger partial charge on any atom is 0.255 e. The van der Waals surface area contributed by atoms with Crippen molar-refractivity contribution in [2.45, 2.75) is 36.5 Å². The third-order valence-corrected chi connectivity index (χ3v) is 3.31. The molecule has 0 aromatic rings. The van der Waals surface area contributed by atoms with Crippen molar-refractivity contribution in [2.75, 3.05) is 0 Å². The Morgan fingerprint density at radius 3 is 2.00 bits per heavy atom. The summed E-state index contributed by atoms with van der Waals surface area (Å²) in [6, 6.07) is 0. The van der Waals surface area contributed by atoms with Crippen LogP contribution in [0, 0.1) is 5.92 Å². The summed E-state index contributed by atoms with van der Waals surface area (Å²) in [6.07, 6.45) is 5.91. The minimum Gasteiger partial charge on any atom is -0.0625 e. The highest BCUT2D eigenvalue weighted by Gasteiger charge is 2.20. The van der Waals surface area contributed by atoms with Gasteiger partial charge in [-0.25, -0.2) is 0 Å². The van der Waals surface area contributed by atoms with E-state index in [-0.39, 0.29) is 0 Å². The largest absolute Gasteiger partial charge is 0.255 e. The average molecular weight is 225 g/mol.